The molecular formula is C21H33FO. The first kappa shape index (κ1) is 19.9. The molecule has 130 valence electrons. The third-order valence-corrected chi connectivity index (χ3v) is 4.49. The largest absolute Gasteiger partial charge is 0.294 e. The first-order chi connectivity index (χ1) is 11.1. The molecule has 0 N–H and O–H groups in total. The van der Waals surface area contributed by atoms with Gasteiger partial charge in [-0.15, -0.1) is 0 Å². The lowest BCUT2D eigenvalue weighted by molar-refractivity contribution is 0.0979. The number of benzene rings is 1. The Balaban J connectivity index is 2.00. The smallest absolute Gasteiger partial charge is 0.162 e. The Morgan fingerprint density at radius 3 is 1.91 bits per heavy atom. The van der Waals surface area contributed by atoms with Gasteiger partial charge in [0.25, 0.3) is 0 Å². The monoisotopic (exact) mass is 320 g/mol. The van der Waals surface area contributed by atoms with Crippen molar-refractivity contribution in [2.45, 2.75) is 90.9 Å². The maximum atomic E-state index is 13.2. The van der Waals surface area contributed by atoms with Gasteiger partial charge in [0.2, 0.25) is 0 Å². The second kappa shape index (κ2) is 12.3. The molecule has 0 bridgehead atoms. The highest BCUT2D eigenvalue weighted by atomic mass is 19.1. The zero-order valence-electron chi connectivity index (χ0n) is 15.0. The van der Waals surface area contributed by atoms with Gasteiger partial charge in [-0.05, 0) is 37.1 Å². The van der Waals surface area contributed by atoms with Gasteiger partial charge in [-0.2, -0.15) is 0 Å². The van der Waals surface area contributed by atoms with E-state index >= 15 is 0 Å². The molecular weight excluding hydrogens is 287 g/mol. The Kier molecular flexibility index (Phi) is 10.6. The van der Waals surface area contributed by atoms with Gasteiger partial charge < -0.3 is 0 Å². The van der Waals surface area contributed by atoms with Crippen LogP contribution >= 0.6 is 0 Å². The SMILES string of the molecule is CCCCCCCCCCCCCC(=O)c1ccc(F)c(C)c1. The molecule has 0 aliphatic carbocycles. The number of aryl methyl sites for hydroxylation is 1. The summed E-state index contributed by atoms with van der Waals surface area (Å²) in [6, 6.07) is 4.66. The number of halogens is 1. The summed E-state index contributed by atoms with van der Waals surface area (Å²) in [5.41, 5.74) is 1.20. The fraction of sp³-hybridized carbons (Fsp3) is 0.667. The molecule has 0 amide bonds. The van der Waals surface area contributed by atoms with E-state index in [1.54, 1.807) is 19.1 Å². The number of hydrogen-bond donors (Lipinski definition) is 0. The molecule has 0 heterocycles. The van der Waals surface area contributed by atoms with Gasteiger partial charge in [-0.3, -0.25) is 4.79 Å². The Morgan fingerprint density at radius 1 is 0.870 bits per heavy atom. The molecule has 0 atom stereocenters. The Morgan fingerprint density at radius 2 is 1.39 bits per heavy atom. The van der Waals surface area contributed by atoms with Crippen molar-refractivity contribution in [2.75, 3.05) is 0 Å². The van der Waals surface area contributed by atoms with Crippen LogP contribution in [0.1, 0.15) is 99.9 Å². The summed E-state index contributed by atoms with van der Waals surface area (Å²) < 4.78 is 13.2. The van der Waals surface area contributed by atoms with Crippen LogP contribution in [0.15, 0.2) is 18.2 Å². The van der Waals surface area contributed by atoms with Crippen LogP contribution in [-0.2, 0) is 0 Å². The Labute approximate surface area is 141 Å². The normalized spacial score (nSPS) is 10.9. The lowest BCUT2D eigenvalue weighted by Crippen LogP contribution is -2.00. The van der Waals surface area contributed by atoms with E-state index in [1.807, 2.05) is 0 Å². The first-order valence-electron chi connectivity index (χ1n) is 9.44. The molecule has 0 aliphatic heterocycles. The standard InChI is InChI=1S/C21H33FO/c1-3-4-5-6-7-8-9-10-11-12-13-14-21(23)19-15-16-20(22)18(2)17-19/h15-17H,3-14H2,1-2H3. The van der Waals surface area contributed by atoms with Crippen molar-refractivity contribution in [2.24, 2.45) is 0 Å². The molecule has 2 heteroatoms. The summed E-state index contributed by atoms with van der Waals surface area (Å²) >= 11 is 0. The molecule has 0 aliphatic rings. The molecule has 23 heavy (non-hydrogen) atoms. The van der Waals surface area contributed by atoms with Crippen LogP contribution < -0.4 is 0 Å². The number of ketones is 1. The molecule has 0 radical (unpaired) electrons. The van der Waals surface area contributed by atoms with Gasteiger partial charge in [-0.25, -0.2) is 4.39 Å². The summed E-state index contributed by atoms with van der Waals surface area (Å²) in [6.45, 7) is 3.95. The maximum absolute atomic E-state index is 13.2. The summed E-state index contributed by atoms with van der Waals surface area (Å²) in [5, 5.41) is 0. The van der Waals surface area contributed by atoms with Gasteiger partial charge in [0, 0.05) is 12.0 Å². The molecule has 1 rings (SSSR count). The number of carbonyl (C=O) groups excluding carboxylic acids is 1. The van der Waals surface area contributed by atoms with Crippen LogP contribution in [0.25, 0.3) is 0 Å². The number of rotatable bonds is 13. The Hall–Kier alpha value is -1.18. The summed E-state index contributed by atoms with van der Waals surface area (Å²) in [4.78, 5) is 12.0. The first-order valence-corrected chi connectivity index (χ1v) is 9.44. The minimum atomic E-state index is -0.240. The highest BCUT2D eigenvalue weighted by molar-refractivity contribution is 5.96. The number of carbonyl (C=O) groups is 1. The van der Waals surface area contributed by atoms with Gasteiger partial charge in [0.1, 0.15) is 5.82 Å². The van der Waals surface area contributed by atoms with Crippen molar-refractivity contribution in [1.82, 2.24) is 0 Å². The van der Waals surface area contributed by atoms with Crippen molar-refractivity contribution < 1.29 is 9.18 Å². The Bertz CT molecular complexity index is 453. The van der Waals surface area contributed by atoms with Gasteiger partial charge in [0.05, 0.1) is 0 Å². The predicted molar refractivity (Wildman–Crippen MR) is 96.5 cm³/mol. The topological polar surface area (TPSA) is 17.1 Å². The molecule has 1 nitrogen and oxygen atoms in total. The van der Waals surface area contributed by atoms with Crippen LogP contribution in [-0.4, -0.2) is 5.78 Å². The molecule has 1 aromatic carbocycles. The van der Waals surface area contributed by atoms with Crippen molar-refractivity contribution in [1.29, 1.82) is 0 Å². The lowest BCUT2D eigenvalue weighted by Gasteiger charge is -2.04. The molecule has 0 saturated carbocycles. The molecule has 0 aromatic heterocycles. The van der Waals surface area contributed by atoms with E-state index in [0.29, 0.717) is 17.5 Å². The van der Waals surface area contributed by atoms with E-state index in [9.17, 15) is 9.18 Å². The molecule has 1 aromatic rings. The maximum Gasteiger partial charge on any atom is 0.162 e. The summed E-state index contributed by atoms with van der Waals surface area (Å²) in [6.07, 6.45) is 14.7. The molecule has 0 unspecified atom stereocenters. The average Bonchev–Trinajstić information content (AvgIpc) is 2.55. The van der Waals surface area contributed by atoms with Gasteiger partial charge >= 0.3 is 0 Å². The second-order valence-corrected chi connectivity index (χ2v) is 6.67. The van der Waals surface area contributed by atoms with Gasteiger partial charge in [0.15, 0.2) is 5.78 Å². The lowest BCUT2D eigenvalue weighted by atomic mass is 10.0. The number of Topliss-reactive ketones (excluding diaryl/α,β-unsaturated/α-hetero) is 1. The molecule has 0 fully saturated rings. The highest BCUT2D eigenvalue weighted by Crippen LogP contribution is 2.15. The van der Waals surface area contributed by atoms with Crippen LogP contribution in [0, 0.1) is 12.7 Å². The summed E-state index contributed by atoms with van der Waals surface area (Å²) in [5.74, 6) is -0.0970. The van der Waals surface area contributed by atoms with Crippen LogP contribution in [0.3, 0.4) is 0 Å². The molecule has 0 saturated heterocycles. The number of unbranched alkanes of at least 4 members (excludes halogenated alkanes) is 10. The van der Waals surface area contributed by atoms with Crippen LogP contribution in [0.2, 0.25) is 0 Å². The number of hydrogen-bond acceptors (Lipinski definition) is 1. The fourth-order valence-corrected chi connectivity index (χ4v) is 2.91. The van der Waals surface area contributed by atoms with E-state index in [-0.39, 0.29) is 11.6 Å². The van der Waals surface area contributed by atoms with Gasteiger partial charge in [-0.1, -0.05) is 71.1 Å². The second-order valence-electron chi connectivity index (χ2n) is 6.67. The quantitative estimate of drug-likeness (QED) is 0.282. The summed E-state index contributed by atoms with van der Waals surface area (Å²) in [7, 11) is 0. The van der Waals surface area contributed by atoms with Crippen LogP contribution in [0.5, 0.6) is 0 Å². The van der Waals surface area contributed by atoms with E-state index in [2.05, 4.69) is 6.92 Å². The highest BCUT2D eigenvalue weighted by Gasteiger charge is 2.07. The van der Waals surface area contributed by atoms with E-state index in [1.165, 1.54) is 63.9 Å². The third-order valence-electron chi connectivity index (χ3n) is 4.49. The molecule has 0 spiro atoms. The van der Waals surface area contributed by atoms with Crippen LogP contribution in [0.4, 0.5) is 4.39 Å². The van der Waals surface area contributed by atoms with E-state index < -0.39 is 0 Å². The van der Waals surface area contributed by atoms with Crippen molar-refractivity contribution in [3.63, 3.8) is 0 Å². The minimum Gasteiger partial charge on any atom is -0.294 e. The third kappa shape index (κ3) is 8.88. The average molecular weight is 320 g/mol. The fourth-order valence-electron chi connectivity index (χ4n) is 2.91. The minimum absolute atomic E-state index is 0.143. The zero-order chi connectivity index (χ0) is 16.9. The van der Waals surface area contributed by atoms with Crippen molar-refractivity contribution in [3.05, 3.63) is 35.1 Å². The van der Waals surface area contributed by atoms with E-state index in [4.69, 9.17) is 0 Å². The van der Waals surface area contributed by atoms with Crippen molar-refractivity contribution >= 4 is 5.78 Å². The predicted octanol–water partition coefficient (Wildman–Crippen LogP) is 7.02. The zero-order valence-corrected chi connectivity index (χ0v) is 15.0. The van der Waals surface area contributed by atoms with Crippen molar-refractivity contribution in [3.8, 4) is 0 Å². The van der Waals surface area contributed by atoms with E-state index in [0.717, 1.165) is 12.8 Å².